The van der Waals surface area contributed by atoms with Crippen molar-refractivity contribution in [2.45, 2.75) is 6.61 Å². The molecule has 0 bridgehead atoms. The zero-order chi connectivity index (χ0) is 12.8. The Morgan fingerprint density at radius 1 is 1.00 bits per heavy atom. The molecule has 0 saturated heterocycles. The zero-order valence-corrected chi connectivity index (χ0v) is 11.0. The van der Waals surface area contributed by atoms with Gasteiger partial charge in [-0.15, -0.1) is 0 Å². The van der Waals surface area contributed by atoms with Gasteiger partial charge in [0.2, 0.25) is 0 Å². The highest BCUT2D eigenvalue weighted by Crippen LogP contribution is 2.11. The minimum absolute atomic E-state index is 0.394. The lowest BCUT2D eigenvalue weighted by Gasteiger charge is -2.00. The van der Waals surface area contributed by atoms with Crippen molar-refractivity contribution in [3.05, 3.63) is 69.7 Å². The molecule has 0 aliphatic carbocycles. The van der Waals surface area contributed by atoms with E-state index < -0.39 is 0 Å². The molecule has 0 atom stereocenters. The molecule has 0 aliphatic rings. The van der Waals surface area contributed by atoms with Gasteiger partial charge in [-0.1, -0.05) is 52.6 Å². The van der Waals surface area contributed by atoms with Crippen molar-refractivity contribution in [3.63, 3.8) is 0 Å². The molecule has 0 amide bonds. The molecule has 0 unspecified atom stereocenters. The van der Waals surface area contributed by atoms with Gasteiger partial charge in [0.05, 0.1) is 6.21 Å². The lowest BCUT2D eigenvalue weighted by atomic mass is 10.2. The van der Waals surface area contributed by atoms with E-state index in [-0.39, 0.29) is 0 Å². The van der Waals surface area contributed by atoms with Crippen LogP contribution in [-0.4, -0.2) is 6.21 Å². The van der Waals surface area contributed by atoms with Gasteiger partial charge >= 0.3 is 0 Å². The summed E-state index contributed by atoms with van der Waals surface area (Å²) in [5, 5.41) is 5.28. The minimum atomic E-state index is 0.394. The van der Waals surface area contributed by atoms with E-state index in [0.717, 1.165) is 11.1 Å². The maximum absolute atomic E-state index is 5.86. The lowest BCUT2D eigenvalue weighted by molar-refractivity contribution is 0.132. The first kappa shape index (κ1) is 12.9. The number of rotatable bonds is 4. The van der Waals surface area contributed by atoms with Crippen molar-refractivity contribution in [1.29, 1.82) is 0 Å². The summed E-state index contributed by atoms with van der Waals surface area (Å²) in [5.74, 6) is 0. The highest BCUT2D eigenvalue weighted by molar-refractivity contribution is 6.30. The SMILES string of the molecule is Clc1ccc(/C=N/OCc2cccc(Cl)c2)cc1. The standard InChI is InChI=1S/C14H11Cl2NO/c15-13-6-4-11(5-7-13)9-17-18-10-12-2-1-3-14(16)8-12/h1-9H,10H2/b17-9+. The Balaban J connectivity index is 1.87. The maximum atomic E-state index is 5.86. The summed E-state index contributed by atoms with van der Waals surface area (Å²) in [6.45, 7) is 0.394. The third kappa shape index (κ3) is 4.06. The fraction of sp³-hybridized carbons (Fsp3) is 0.0714. The van der Waals surface area contributed by atoms with Gasteiger partial charge in [-0.2, -0.15) is 0 Å². The zero-order valence-electron chi connectivity index (χ0n) is 9.51. The molecule has 18 heavy (non-hydrogen) atoms. The molecule has 4 heteroatoms. The third-order valence-electron chi connectivity index (χ3n) is 2.27. The molecule has 0 spiro atoms. The van der Waals surface area contributed by atoms with Crippen LogP contribution < -0.4 is 0 Å². The van der Waals surface area contributed by atoms with Gasteiger partial charge in [-0.25, -0.2) is 0 Å². The van der Waals surface area contributed by atoms with Crippen LogP contribution in [0.2, 0.25) is 10.0 Å². The first-order chi connectivity index (χ1) is 8.74. The normalized spacial score (nSPS) is 10.8. The molecule has 2 aromatic rings. The molecular weight excluding hydrogens is 269 g/mol. The van der Waals surface area contributed by atoms with Crippen molar-refractivity contribution in [3.8, 4) is 0 Å². The largest absolute Gasteiger partial charge is 0.391 e. The predicted molar refractivity (Wildman–Crippen MR) is 75.3 cm³/mol. The van der Waals surface area contributed by atoms with E-state index in [1.54, 1.807) is 18.3 Å². The Hall–Kier alpha value is -1.51. The van der Waals surface area contributed by atoms with Crippen LogP contribution >= 0.6 is 23.2 Å². The van der Waals surface area contributed by atoms with Crippen LogP contribution in [0.15, 0.2) is 53.7 Å². The average molecular weight is 280 g/mol. The van der Waals surface area contributed by atoms with E-state index in [0.29, 0.717) is 16.7 Å². The Morgan fingerprint density at radius 2 is 1.78 bits per heavy atom. The number of hydrogen-bond donors (Lipinski definition) is 0. The summed E-state index contributed by atoms with van der Waals surface area (Å²) in [4.78, 5) is 5.19. The van der Waals surface area contributed by atoms with E-state index in [9.17, 15) is 0 Å². The summed E-state index contributed by atoms with van der Waals surface area (Å²) in [5.41, 5.74) is 1.92. The highest BCUT2D eigenvalue weighted by Gasteiger charge is 1.94. The summed E-state index contributed by atoms with van der Waals surface area (Å²) in [7, 11) is 0. The van der Waals surface area contributed by atoms with Crippen molar-refractivity contribution in [2.75, 3.05) is 0 Å². The molecule has 2 nitrogen and oxygen atoms in total. The van der Waals surface area contributed by atoms with Crippen molar-refractivity contribution in [2.24, 2.45) is 5.16 Å². The number of nitrogens with zero attached hydrogens (tertiary/aromatic N) is 1. The number of hydrogen-bond acceptors (Lipinski definition) is 2. The second-order valence-electron chi connectivity index (χ2n) is 3.69. The molecule has 0 N–H and O–H groups in total. The van der Waals surface area contributed by atoms with Gasteiger partial charge in [0, 0.05) is 10.0 Å². The molecule has 0 fully saturated rings. The van der Waals surface area contributed by atoms with Crippen LogP contribution in [0.25, 0.3) is 0 Å². The molecule has 0 saturated carbocycles. The van der Waals surface area contributed by atoms with Crippen molar-refractivity contribution < 1.29 is 4.84 Å². The summed E-state index contributed by atoms with van der Waals surface area (Å²) >= 11 is 11.6. The van der Waals surface area contributed by atoms with E-state index in [1.807, 2.05) is 36.4 Å². The number of oxime groups is 1. The molecular formula is C14H11Cl2NO. The van der Waals surface area contributed by atoms with Gasteiger partial charge in [-0.05, 0) is 35.4 Å². The second-order valence-corrected chi connectivity index (χ2v) is 4.56. The molecule has 2 aromatic carbocycles. The lowest BCUT2D eigenvalue weighted by Crippen LogP contribution is -1.88. The van der Waals surface area contributed by atoms with Crippen molar-refractivity contribution in [1.82, 2.24) is 0 Å². The second kappa shape index (κ2) is 6.43. The van der Waals surface area contributed by atoms with Gasteiger partial charge in [-0.3, -0.25) is 0 Å². The molecule has 0 aromatic heterocycles. The van der Waals surface area contributed by atoms with Gasteiger partial charge in [0.15, 0.2) is 0 Å². The van der Waals surface area contributed by atoms with E-state index in [4.69, 9.17) is 28.0 Å². The summed E-state index contributed by atoms with van der Waals surface area (Å²) < 4.78 is 0. The third-order valence-corrected chi connectivity index (χ3v) is 2.75. The fourth-order valence-corrected chi connectivity index (χ4v) is 1.72. The van der Waals surface area contributed by atoms with E-state index in [1.165, 1.54) is 0 Å². The molecule has 2 rings (SSSR count). The summed E-state index contributed by atoms with van der Waals surface area (Å²) in [6, 6.07) is 14.8. The van der Waals surface area contributed by atoms with Crippen LogP contribution in [0.4, 0.5) is 0 Å². The first-order valence-electron chi connectivity index (χ1n) is 5.39. The average Bonchev–Trinajstić information content (AvgIpc) is 2.37. The number of halogens is 2. The Morgan fingerprint density at radius 3 is 2.50 bits per heavy atom. The molecule has 0 heterocycles. The van der Waals surface area contributed by atoms with Crippen LogP contribution in [0.3, 0.4) is 0 Å². The van der Waals surface area contributed by atoms with Crippen LogP contribution in [0, 0.1) is 0 Å². The molecule has 92 valence electrons. The Labute approximate surface area is 116 Å². The Kier molecular flexibility index (Phi) is 4.62. The van der Waals surface area contributed by atoms with Gasteiger partial charge in [0.25, 0.3) is 0 Å². The predicted octanol–water partition coefficient (Wildman–Crippen LogP) is 4.54. The molecule has 0 radical (unpaired) electrons. The highest BCUT2D eigenvalue weighted by atomic mass is 35.5. The van der Waals surface area contributed by atoms with Gasteiger partial charge in [0.1, 0.15) is 6.61 Å². The topological polar surface area (TPSA) is 21.6 Å². The minimum Gasteiger partial charge on any atom is -0.391 e. The van der Waals surface area contributed by atoms with E-state index in [2.05, 4.69) is 5.16 Å². The maximum Gasteiger partial charge on any atom is 0.142 e. The first-order valence-corrected chi connectivity index (χ1v) is 6.15. The quantitative estimate of drug-likeness (QED) is 0.595. The van der Waals surface area contributed by atoms with Crippen LogP contribution in [-0.2, 0) is 11.4 Å². The van der Waals surface area contributed by atoms with Gasteiger partial charge < -0.3 is 4.84 Å². The summed E-state index contributed by atoms with van der Waals surface area (Å²) in [6.07, 6.45) is 1.64. The molecule has 0 aliphatic heterocycles. The number of benzene rings is 2. The fourth-order valence-electron chi connectivity index (χ4n) is 1.39. The van der Waals surface area contributed by atoms with E-state index >= 15 is 0 Å². The monoisotopic (exact) mass is 279 g/mol. The van der Waals surface area contributed by atoms with Crippen molar-refractivity contribution >= 4 is 29.4 Å². The van der Waals surface area contributed by atoms with Crippen LogP contribution in [0.5, 0.6) is 0 Å². The smallest absolute Gasteiger partial charge is 0.142 e. The Bertz CT molecular complexity index is 538. The van der Waals surface area contributed by atoms with Crippen LogP contribution in [0.1, 0.15) is 11.1 Å².